The van der Waals surface area contributed by atoms with Crippen molar-refractivity contribution < 1.29 is 4.79 Å². The fraction of sp³-hybridized carbons (Fsp3) is 0.600. The zero-order valence-electron chi connectivity index (χ0n) is 15.5. The number of hydrogen-bond acceptors (Lipinski definition) is 2. The zero-order valence-corrected chi connectivity index (χ0v) is 17.1. The van der Waals surface area contributed by atoms with Crippen molar-refractivity contribution in [3.05, 3.63) is 34.3 Å². The zero-order chi connectivity index (χ0) is 18.4. The van der Waals surface area contributed by atoms with Gasteiger partial charge in [0.1, 0.15) is 0 Å². The van der Waals surface area contributed by atoms with Crippen LogP contribution in [0.1, 0.15) is 44.1 Å². The quantitative estimate of drug-likeness (QED) is 0.344. The van der Waals surface area contributed by atoms with E-state index in [2.05, 4.69) is 61.1 Å². The number of halogens is 1. The van der Waals surface area contributed by atoms with Gasteiger partial charge in [-0.25, -0.2) is 0 Å². The SMILES string of the molecule is CN=C(NCCCNC(=O)C1CCC1)NCC1(c2cccc(Br)c2)CC1. The minimum absolute atomic E-state index is 0.225. The van der Waals surface area contributed by atoms with E-state index in [1.54, 1.807) is 7.05 Å². The minimum Gasteiger partial charge on any atom is -0.356 e. The highest BCUT2D eigenvalue weighted by Gasteiger charge is 2.44. The Balaban J connectivity index is 1.35. The number of carbonyl (C=O) groups excluding carboxylic acids is 1. The fourth-order valence-corrected chi connectivity index (χ4v) is 3.73. The molecule has 26 heavy (non-hydrogen) atoms. The average Bonchev–Trinajstić information content (AvgIpc) is 3.37. The standard InChI is InChI=1S/C20H29BrN4O/c1-22-19(24-12-4-11-23-18(26)15-5-2-6-15)25-14-20(9-10-20)16-7-3-8-17(21)13-16/h3,7-8,13,15H,2,4-6,9-12,14H2,1H3,(H,23,26)(H2,22,24,25). The third kappa shape index (κ3) is 5.00. The largest absolute Gasteiger partial charge is 0.356 e. The number of carbonyl (C=O) groups is 1. The third-order valence-corrected chi connectivity index (χ3v) is 6.02. The van der Waals surface area contributed by atoms with E-state index in [-0.39, 0.29) is 17.2 Å². The van der Waals surface area contributed by atoms with Crippen LogP contribution in [0.5, 0.6) is 0 Å². The average molecular weight is 421 g/mol. The van der Waals surface area contributed by atoms with Crippen LogP contribution in [0.4, 0.5) is 0 Å². The molecule has 2 aliphatic rings. The Morgan fingerprint density at radius 1 is 1.23 bits per heavy atom. The summed E-state index contributed by atoms with van der Waals surface area (Å²) in [5.41, 5.74) is 1.62. The summed E-state index contributed by atoms with van der Waals surface area (Å²) < 4.78 is 1.13. The molecule has 0 aliphatic heterocycles. The summed E-state index contributed by atoms with van der Waals surface area (Å²) >= 11 is 3.57. The smallest absolute Gasteiger partial charge is 0.223 e. The lowest BCUT2D eigenvalue weighted by atomic mass is 9.85. The number of nitrogens with zero attached hydrogens (tertiary/aromatic N) is 1. The van der Waals surface area contributed by atoms with Gasteiger partial charge in [0.15, 0.2) is 5.96 Å². The van der Waals surface area contributed by atoms with Gasteiger partial charge in [0.2, 0.25) is 5.91 Å². The lowest BCUT2D eigenvalue weighted by Gasteiger charge is -2.24. The number of rotatable bonds is 8. The molecule has 1 aromatic carbocycles. The molecule has 2 saturated carbocycles. The van der Waals surface area contributed by atoms with Crippen LogP contribution in [0.3, 0.4) is 0 Å². The van der Waals surface area contributed by atoms with Crippen molar-refractivity contribution >= 4 is 27.8 Å². The van der Waals surface area contributed by atoms with E-state index in [4.69, 9.17) is 0 Å². The van der Waals surface area contributed by atoms with Crippen molar-refractivity contribution in [3.8, 4) is 0 Å². The molecule has 5 nitrogen and oxygen atoms in total. The van der Waals surface area contributed by atoms with E-state index < -0.39 is 0 Å². The van der Waals surface area contributed by atoms with E-state index in [0.717, 1.165) is 49.3 Å². The number of hydrogen-bond donors (Lipinski definition) is 3. The summed E-state index contributed by atoms with van der Waals surface area (Å²) in [4.78, 5) is 16.1. The summed E-state index contributed by atoms with van der Waals surface area (Å²) in [6, 6.07) is 8.60. The summed E-state index contributed by atoms with van der Waals surface area (Å²) in [5, 5.41) is 9.83. The van der Waals surface area contributed by atoms with Gasteiger partial charge in [0.05, 0.1) is 0 Å². The lowest BCUT2D eigenvalue weighted by molar-refractivity contribution is -0.127. The maximum absolute atomic E-state index is 11.8. The highest BCUT2D eigenvalue weighted by atomic mass is 79.9. The highest BCUT2D eigenvalue weighted by molar-refractivity contribution is 9.10. The predicted octanol–water partition coefficient (Wildman–Crippen LogP) is 2.95. The van der Waals surface area contributed by atoms with Crippen LogP contribution in [0, 0.1) is 5.92 Å². The lowest BCUT2D eigenvalue weighted by Crippen LogP contribution is -2.42. The number of nitrogens with one attached hydrogen (secondary N) is 3. The van der Waals surface area contributed by atoms with Crippen LogP contribution >= 0.6 is 15.9 Å². The fourth-order valence-electron chi connectivity index (χ4n) is 3.33. The summed E-state index contributed by atoms with van der Waals surface area (Å²) in [6.45, 7) is 2.41. The second-order valence-corrected chi connectivity index (χ2v) is 8.33. The molecule has 6 heteroatoms. The molecule has 2 fully saturated rings. The maximum atomic E-state index is 11.8. The van der Waals surface area contributed by atoms with Gasteiger partial charge in [0, 0.05) is 42.5 Å². The van der Waals surface area contributed by atoms with Crippen LogP contribution in [-0.4, -0.2) is 38.5 Å². The topological polar surface area (TPSA) is 65.5 Å². The van der Waals surface area contributed by atoms with Crippen molar-refractivity contribution in [3.63, 3.8) is 0 Å². The molecule has 0 spiro atoms. The van der Waals surface area contributed by atoms with Gasteiger partial charge in [0.25, 0.3) is 0 Å². The monoisotopic (exact) mass is 420 g/mol. The normalized spacial score (nSPS) is 18.8. The van der Waals surface area contributed by atoms with E-state index in [0.29, 0.717) is 0 Å². The molecule has 0 unspecified atom stereocenters. The van der Waals surface area contributed by atoms with Gasteiger partial charge >= 0.3 is 0 Å². The molecule has 0 saturated heterocycles. The predicted molar refractivity (Wildman–Crippen MR) is 109 cm³/mol. The summed E-state index contributed by atoms with van der Waals surface area (Å²) in [5.74, 6) is 1.32. The van der Waals surface area contributed by atoms with Crippen LogP contribution in [-0.2, 0) is 10.2 Å². The van der Waals surface area contributed by atoms with Crippen molar-refractivity contribution in [1.82, 2.24) is 16.0 Å². The molecular weight excluding hydrogens is 392 g/mol. The van der Waals surface area contributed by atoms with E-state index >= 15 is 0 Å². The number of amides is 1. The number of guanidine groups is 1. The molecule has 3 rings (SSSR count). The van der Waals surface area contributed by atoms with Crippen LogP contribution < -0.4 is 16.0 Å². The summed E-state index contributed by atoms with van der Waals surface area (Å²) in [7, 11) is 1.80. The third-order valence-electron chi connectivity index (χ3n) is 5.53. The van der Waals surface area contributed by atoms with Gasteiger partial charge in [-0.15, -0.1) is 0 Å². The molecule has 0 heterocycles. The second kappa shape index (κ2) is 8.89. The molecule has 0 radical (unpaired) electrons. The molecule has 0 aromatic heterocycles. The Bertz CT molecular complexity index is 653. The first-order valence-corrected chi connectivity index (χ1v) is 10.4. The number of aliphatic imine (C=N–C) groups is 1. The number of benzene rings is 1. The molecule has 1 amide bonds. The Labute approximate surface area is 164 Å². The molecule has 0 bridgehead atoms. The molecule has 142 valence electrons. The Hall–Kier alpha value is -1.56. The van der Waals surface area contributed by atoms with Crippen molar-refractivity contribution in [2.24, 2.45) is 10.9 Å². The van der Waals surface area contributed by atoms with Crippen molar-refractivity contribution in [2.45, 2.75) is 43.9 Å². The molecule has 3 N–H and O–H groups in total. The first-order chi connectivity index (χ1) is 12.6. The van der Waals surface area contributed by atoms with Gasteiger partial charge in [-0.05, 0) is 49.8 Å². The Morgan fingerprint density at radius 3 is 2.62 bits per heavy atom. The van der Waals surface area contributed by atoms with Crippen LogP contribution in [0.15, 0.2) is 33.7 Å². The van der Waals surface area contributed by atoms with Gasteiger partial charge in [-0.2, -0.15) is 0 Å². The molecule has 0 atom stereocenters. The molecule has 2 aliphatic carbocycles. The van der Waals surface area contributed by atoms with Crippen molar-refractivity contribution in [2.75, 3.05) is 26.7 Å². The van der Waals surface area contributed by atoms with Crippen LogP contribution in [0.25, 0.3) is 0 Å². The van der Waals surface area contributed by atoms with Gasteiger partial charge in [-0.3, -0.25) is 9.79 Å². The minimum atomic E-state index is 0.225. The molecular formula is C20H29BrN4O. The first-order valence-electron chi connectivity index (χ1n) is 9.61. The Morgan fingerprint density at radius 2 is 2.00 bits per heavy atom. The highest BCUT2D eigenvalue weighted by Crippen LogP contribution is 2.48. The second-order valence-electron chi connectivity index (χ2n) is 7.42. The maximum Gasteiger partial charge on any atom is 0.223 e. The molecule has 1 aromatic rings. The van der Waals surface area contributed by atoms with Gasteiger partial charge in [-0.1, -0.05) is 34.5 Å². The Kier molecular flexibility index (Phi) is 6.57. The summed E-state index contributed by atoms with van der Waals surface area (Å²) in [6.07, 6.45) is 6.63. The first kappa shape index (κ1) is 19.2. The van der Waals surface area contributed by atoms with E-state index in [1.807, 2.05) is 0 Å². The van der Waals surface area contributed by atoms with E-state index in [9.17, 15) is 4.79 Å². The van der Waals surface area contributed by atoms with Crippen LogP contribution in [0.2, 0.25) is 0 Å². The van der Waals surface area contributed by atoms with E-state index in [1.165, 1.54) is 24.8 Å². The van der Waals surface area contributed by atoms with Crippen molar-refractivity contribution in [1.29, 1.82) is 0 Å². The van der Waals surface area contributed by atoms with Gasteiger partial charge < -0.3 is 16.0 Å².